The van der Waals surface area contributed by atoms with Crippen molar-refractivity contribution in [1.29, 1.82) is 0 Å². The number of nitrogens with one attached hydrogen (secondary N) is 2. The molecule has 1 amide bonds. The Morgan fingerprint density at radius 3 is 2.46 bits per heavy atom. The topological polar surface area (TPSA) is 75.1 Å². The molecular weight excluding hydrogens is 376 g/mol. The lowest BCUT2D eigenvalue weighted by Gasteiger charge is -2.28. The van der Waals surface area contributed by atoms with Crippen LogP contribution in [0, 0.1) is 0 Å². The van der Waals surface area contributed by atoms with Crippen molar-refractivity contribution in [2.75, 3.05) is 36.4 Å². The first kappa shape index (κ1) is 20.6. The number of aromatic nitrogens is 3. The lowest BCUT2D eigenvalue weighted by atomic mass is 9.98. The van der Waals surface area contributed by atoms with Crippen molar-refractivity contribution in [3.8, 4) is 0 Å². The Labute approximate surface area is 172 Å². The summed E-state index contributed by atoms with van der Waals surface area (Å²) in [6.07, 6.45) is 5.88. The molecule has 7 nitrogen and oxygen atoms in total. The summed E-state index contributed by atoms with van der Waals surface area (Å²) in [6, 6.07) is 7.86. The number of carbonyl (C=O) groups is 1. The molecule has 3 heterocycles. The minimum Gasteiger partial charge on any atom is -0.372 e. The summed E-state index contributed by atoms with van der Waals surface area (Å²) in [6.45, 7) is 4.19. The van der Waals surface area contributed by atoms with Gasteiger partial charge in [0, 0.05) is 37.3 Å². The van der Waals surface area contributed by atoms with Crippen LogP contribution in [0.3, 0.4) is 0 Å². The van der Waals surface area contributed by atoms with Gasteiger partial charge in [-0.25, -0.2) is 4.68 Å². The highest BCUT2D eigenvalue weighted by Gasteiger charge is 2.21. The zero-order valence-corrected chi connectivity index (χ0v) is 17.2. The zero-order valence-electron chi connectivity index (χ0n) is 16.4. The lowest BCUT2D eigenvalue weighted by molar-refractivity contribution is 0.102. The maximum Gasteiger partial charge on any atom is 0.258 e. The summed E-state index contributed by atoms with van der Waals surface area (Å²) in [5.74, 6) is 1.56. The number of benzene rings is 1. The average Bonchev–Trinajstić information content (AvgIpc) is 3.10. The normalized spacial score (nSPS) is 17.8. The number of anilines is 2. The highest BCUT2D eigenvalue weighted by Crippen LogP contribution is 2.24. The molecule has 0 bridgehead atoms. The lowest BCUT2D eigenvalue weighted by Crippen LogP contribution is -2.29. The van der Waals surface area contributed by atoms with Crippen LogP contribution in [0.5, 0.6) is 0 Å². The van der Waals surface area contributed by atoms with E-state index in [0.29, 0.717) is 17.4 Å². The van der Waals surface area contributed by atoms with E-state index in [1.54, 1.807) is 4.68 Å². The van der Waals surface area contributed by atoms with Gasteiger partial charge in [0.05, 0.1) is 0 Å². The highest BCUT2D eigenvalue weighted by atomic mass is 35.5. The molecule has 0 aliphatic carbocycles. The van der Waals surface area contributed by atoms with E-state index in [9.17, 15) is 4.79 Å². The van der Waals surface area contributed by atoms with E-state index >= 15 is 0 Å². The molecule has 2 aliphatic rings. The summed E-state index contributed by atoms with van der Waals surface area (Å²) in [5, 5.41) is 10.8. The Morgan fingerprint density at radius 1 is 1.11 bits per heavy atom. The van der Waals surface area contributed by atoms with Crippen molar-refractivity contribution in [3.05, 3.63) is 35.7 Å². The fourth-order valence-electron chi connectivity index (χ4n) is 3.92. The predicted molar refractivity (Wildman–Crippen MR) is 114 cm³/mol. The van der Waals surface area contributed by atoms with Crippen LogP contribution < -0.4 is 15.5 Å². The number of nitrogens with zero attached hydrogens (tertiary/aromatic N) is 4. The van der Waals surface area contributed by atoms with E-state index in [1.807, 2.05) is 31.3 Å². The Morgan fingerprint density at radius 2 is 1.79 bits per heavy atom. The number of hydrogen-bond donors (Lipinski definition) is 2. The van der Waals surface area contributed by atoms with Gasteiger partial charge in [-0.2, -0.15) is 10.1 Å². The molecular formula is C20H29ClN6O. The van der Waals surface area contributed by atoms with E-state index in [-0.39, 0.29) is 18.3 Å². The molecule has 0 spiro atoms. The molecule has 1 aromatic carbocycles. The molecule has 0 saturated carbocycles. The van der Waals surface area contributed by atoms with Crippen LogP contribution >= 0.6 is 12.4 Å². The average molecular weight is 405 g/mol. The first-order valence-electron chi connectivity index (χ1n) is 9.99. The first-order chi connectivity index (χ1) is 13.2. The molecule has 1 aromatic heterocycles. The van der Waals surface area contributed by atoms with Crippen molar-refractivity contribution >= 4 is 29.9 Å². The van der Waals surface area contributed by atoms with Gasteiger partial charge in [0.25, 0.3) is 5.91 Å². The molecule has 0 radical (unpaired) electrons. The van der Waals surface area contributed by atoms with Gasteiger partial charge in [0.2, 0.25) is 5.95 Å². The van der Waals surface area contributed by atoms with Crippen molar-refractivity contribution in [2.45, 2.75) is 38.0 Å². The molecule has 2 saturated heterocycles. The second-order valence-electron chi connectivity index (χ2n) is 7.49. The van der Waals surface area contributed by atoms with Crippen LogP contribution in [-0.4, -0.2) is 46.9 Å². The molecule has 8 heteroatoms. The van der Waals surface area contributed by atoms with Gasteiger partial charge < -0.3 is 10.2 Å². The van der Waals surface area contributed by atoms with E-state index in [2.05, 4.69) is 25.6 Å². The largest absolute Gasteiger partial charge is 0.372 e. The molecule has 2 aliphatic heterocycles. The predicted octanol–water partition coefficient (Wildman–Crippen LogP) is 2.95. The first-order valence-corrected chi connectivity index (χ1v) is 9.99. The Hall–Kier alpha value is -2.12. The summed E-state index contributed by atoms with van der Waals surface area (Å²) >= 11 is 0. The molecule has 0 atom stereocenters. The maximum absolute atomic E-state index is 12.6. The number of amides is 1. The van der Waals surface area contributed by atoms with Gasteiger partial charge in [0.1, 0.15) is 0 Å². The summed E-state index contributed by atoms with van der Waals surface area (Å²) in [4.78, 5) is 19.6. The van der Waals surface area contributed by atoms with Crippen molar-refractivity contribution in [1.82, 2.24) is 20.1 Å². The number of hydrogen-bond acceptors (Lipinski definition) is 5. The minimum atomic E-state index is -0.146. The van der Waals surface area contributed by atoms with Gasteiger partial charge in [-0.1, -0.05) is 0 Å². The van der Waals surface area contributed by atoms with Crippen LogP contribution in [0.15, 0.2) is 24.3 Å². The molecule has 0 unspecified atom stereocenters. The summed E-state index contributed by atoms with van der Waals surface area (Å²) < 4.78 is 1.66. The quantitative estimate of drug-likeness (QED) is 0.819. The number of halogens is 1. The smallest absolute Gasteiger partial charge is 0.258 e. The third-order valence-electron chi connectivity index (χ3n) is 5.56. The Balaban J connectivity index is 0.00000225. The van der Waals surface area contributed by atoms with Crippen LogP contribution in [-0.2, 0) is 7.05 Å². The third-order valence-corrected chi connectivity index (χ3v) is 5.56. The third kappa shape index (κ3) is 4.64. The Bertz CT molecular complexity index is 778. The van der Waals surface area contributed by atoms with E-state index in [1.165, 1.54) is 24.9 Å². The van der Waals surface area contributed by atoms with Gasteiger partial charge in [0.15, 0.2) is 5.82 Å². The zero-order chi connectivity index (χ0) is 18.6. The maximum atomic E-state index is 12.6. The van der Waals surface area contributed by atoms with Crippen molar-refractivity contribution in [3.63, 3.8) is 0 Å². The SMILES string of the molecule is Cl.Cn1nc(C2CCNCC2)nc1NC(=O)c1ccc(N2CCCCC2)cc1. The van der Waals surface area contributed by atoms with E-state index in [4.69, 9.17) is 0 Å². The molecule has 28 heavy (non-hydrogen) atoms. The second-order valence-corrected chi connectivity index (χ2v) is 7.49. The summed E-state index contributed by atoms with van der Waals surface area (Å²) in [7, 11) is 1.83. The van der Waals surface area contributed by atoms with E-state index < -0.39 is 0 Å². The molecule has 2 aromatic rings. The number of piperidine rings is 2. The Kier molecular flexibility index (Phi) is 6.91. The molecule has 2 fully saturated rings. The van der Waals surface area contributed by atoms with Gasteiger partial charge in [-0.3, -0.25) is 10.1 Å². The summed E-state index contributed by atoms with van der Waals surface area (Å²) in [5.41, 5.74) is 1.83. The number of rotatable bonds is 4. The van der Waals surface area contributed by atoms with Gasteiger partial charge in [-0.05, 0) is 69.5 Å². The van der Waals surface area contributed by atoms with Crippen LogP contribution in [0.25, 0.3) is 0 Å². The van der Waals surface area contributed by atoms with Gasteiger partial charge >= 0.3 is 0 Å². The number of aryl methyl sites for hydroxylation is 1. The van der Waals surface area contributed by atoms with Crippen molar-refractivity contribution < 1.29 is 4.79 Å². The number of carbonyl (C=O) groups excluding carboxylic acids is 1. The molecule has 2 N–H and O–H groups in total. The monoisotopic (exact) mass is 404 g/mol. The highest BCUT2D eigenvalue weighted by molar-refractivity contribution is 6.03. The second kappa shape index (κ2) is 9.39. The van der Waals surface area contributed by atoms with Crippen molar-refractivity contribution in [2.24, 2.45) is 7.05 Å². The fourth-order valence-corrected chi connectivity index (χ4v) is 3.92. The van der Waals surface area contributed by atoms with Crippen LogP contribution in [0.4, 0.5) is 11.6 Å². The molecule has 4 rings (SSSR count). The molecule has 152 valence electrons. The van der Waals surface area contributed by atoms with Crippen LogP contribution in [0.1, 0.15) is 54.2 Å². The fraction of sp³-hybridized carbons (Fsp3) is 0.550. The van der Waals surface area contributed by atoms with E-state index in [0.717, 1.165) is 44.8 Å². The standard InChI is InChI=1S/C20H28N6O.ClH/c1-25-20(22-18(24-25)15-9-11-21-12-10-15)23-19(27)16-5-7-17(8-6-16)26-13-3-2-4-14-26;/h5-8,15,21H,2-4,9-14H2,1H3,(H,22,23,24,27);1H. The minimum absolute atomic E-state index is 0. The van der Waals surface area contributed by atoms with Gasteiger partial charge in [-0.15, -0.1) is 12.4 Å². The van der Waals surface area contributed by atoms with Crippen LogP contribution in [0.2, 0.25) is 0 Å².